The Morgan fingerprint density at radius 3 is 2.75 bits per heavy atom. The molecule has 1 N–H and O–H groups in total. The molecule has 1 amide bonds. The number of aromatic nitrogens is 2. The normalized spacial score (nSPS) is 20.9. The van der Waals surface area contributed by atoms with Gasteiger partial charge in [-0.1, -0.05) is 0 Å². The van der Waals surface area contributed by atoms with E-state index in [-0.39, 0.29) is 11.9 Å². The molecule has 0 aliphatic carbocycles. The molecule has 2 heterocycles. The lowest BCUT2D eigenvalue weighted by Gasteiger charge is -2.31. The van der Waals surface area contributed by atoms with E-state index in [9.17, 15) is 13.2 Å². The first-order valence-corrected chi connectivity index (χ1v) is 8.39. The van der Waals surface area contributed by atoms with Gasteiger partial charge in [0.05, 0.1) is 11.9 Å². The number of aryl methyl sites for hydroxylation is 2. The Kier molecular flexibility index (Phi) is 4.14. The van der Waals surface area contributed by atoms with Crippen molar-refractivity contribution in [2.24, 2.45) is 7.05 Å². The number of carbonyl (C=O) groups excluding carboxylic acids is 1. The van der Waals surface area contributed by atoms with E-state index in [2.05, 4.69) is 10.4 Å². The lowest BCUT2D eigenvalue weighted by molar-refractivity contribution is 0.0912. The molecule has 1 aromatic heterocycles. The Bertz CT molecular complexity index is 608. The maximum atomic E-state index is 12.2. The third kappa shape index (κ3) is 3.37. The predicted molar refractivity (Wildman–Crippen MR) is 74.9 cm³/mol. The summed E-state index contributed by atoms with van der Waals surface area (Å²) in [5.74, 6) is -0.214. The van der Waals surface area contributed by atoms with Gasteiger partial charge in [0.25, 0.3) is 5.91 Å². The number of nitrogens with one attached hydrogen (secondary N) is 1. The summed E-state index contributed by atoms with van der Waals surface area (Å²) < 4.78 is 26.0. The van der Waals surface area contributed by atoms with Crippen molar-refractivity contribution in [1.82, 2.24) is 19.4 Å². The largest absolute Gasteiger partial charge is 0.347 e. The molecule has 0 saturated carbocycles. The molecule has 8 heteroatoms. The molecule has 2 rings (SSSR count). The van der Waals surface area contributed by atoms with Crippen LogP contribution in [0.3, 0.4) is 0 Å². The molecule has 1 aliphatic rings. The van der Waals surface area contributed by atoms with Gasteiger partial charge in [-0.25, -0.2) is 12.7 Å². The smallest absolute Gasteiger partial charge is 0.269 e. The SMILES string of the molecule is Cc1cc(C(=O)N[C@@H]2CCCN(S(C)(=O)=O)C2)n(C)n1. The van der Waals surface area contributed by atoms with Crippen molar-refractivity contribution >= 4 is 15.9 Å². The van der Waals surface area contributed by atoms with Crippen molar-refractivity contribution in [1.29, 1.82) is 0 Å². The Morgan fingerprint density at radius 1 is 1.50 bits per heavy atom. The van der Waals surface area contributed by atoms with E-state index in [0.717, 1.165) is 18.5 Å². The number of nitrogens with zero attached hydrogens (tertiary/aromatic N) is 3. The first-order valence-electron chi connectivity index (χ1n) is 6.54. The molecule has 1 fully saturated rings. The van der Waals surface area contributed by atoms with Crippen LogP contribution in [0.15, 0.2) is 6.07 Å². The second-order valence-corrected chi connectivity index (χ2v) is 7.21. The van der Waals surface area contributed by atoms with Gasteiger partial charge in [0.15, 0.2) is 0 Å². The van der Waals surface area contributed by atoms with E-state index >= 15 is 0 Å². The van der Waals surface area contributed by atoms with Gasteiger partial charge in [-0.05, 0) is 25.8 Å². The molecule has 1 saturated heterocycles. The molecule has 1 aliphatic heterocycles. The van der Waals surface area contributed by atoms with E-state index in [0.29, 0.717) is 18.8 Å². The molecule has 20 heavy (non-hydrogen) atoms. The van der Waals surface area contributed by atoms with Crippen LogP contribution in [-0.4, -0.2) is 53.8 Å². The molecular weight excluding hydrogens is 280 g/mol. The molecule has 112 valence electrons. The first-order chi connectivity index (χ1) is 9.27. The second kappa shape index (κ2) is 5.53. The summed E-state index contributed by atoms with van der Waals surface area (Å²) in [6.07, 6.45) is 2.73. The lowest BCUT2D eigenvalue weighted by Crippen LogP contribution is -2.49. The Morgan fingerprint density at radius 2 is 2.20 bits per heavy atom. The Labute approximate surface area is 119 Å². The highest BCUT2D eigenvalue weighted by molar-refractivity contribution is 7.88. The Hall–Kier alpha value is -1.41. The maximum absolute atomic E-state index is 12.2. The molecule has 7 nitrogen and oxygen atoms in total. The fraction of sp³-hybridized carbons (Fsp3) is 0.667. The van der Waals surface area contributed by atoms with Gasteiger partial charge < -0.3 is 5.32 Å². The fourth-order valence-corrected chi connectivity index (χ4v) is 3.36. The molecular formula is C12H20N4O3S. The second-order valence-electron chi connectivity index (χ2n) is 5.23. The summed E-state index contributed by atoms with van der Waals surface area (Å²) in [5.41, 5.74) is 1.26. The first kappa shape index (κ1) is 15.0. The molecule has 0 aromatic carbocycles. The number of hydrogen-bond donors (Lipinski definition) is 1. The molecule has 0 radical (unpaired) electrons. The van der Waals surface area contributed by atoms with Crippen LogP contribution in [0.1, 0.15) is 29.0 Å². The van der Waals surface area contributed by atoms with Crippen molar-refractivity contribution in [2.45, 2.75) is 25.8 Å². The molecule has 0 bridgehead atoms. The summed E-state index contributed by atoms with van der Waals surface area (Å²) >= 11 is 0. The van der Waals surface area contributed by atoms with Gasteiger partial charge in [0.1, 0.15) is 5.69 Å². The third-order valence-corrected chi connectivity index (χ3v) is 4.69. The summed E-state index contributed by atoms with van der Waals surface area (Å²) in [7, 11) is -1.48. The minimum Gasteiger partial charge on any atom is -0.347 e. The minimum atomic E-state index is -3.20. The zero-order valence-electron chi connectivity index (χ0n) is 12.0. The lowest BCUT2D eigenvalue weighted by atomic mass is 10.1. The van der Waals surface area contributed by atoms with Crippen molar-refractivity contribution < 1.29 is 13.2 Å². The van der Waals surface area contributed by atoms with Crippen LogP contribution >= 0.6 is 0 Å². The average molecular weight is 300 g/mol. The number of rotatable bonds is 3. The van der Waals surface area contributed by atoms with Crippen molar-refractivity contribution in [3.63, 3.8) is 0 Å². The quantitative estimate of drug-likeness (QED) is 0.843. The van der Waals surface area contributed by atoms with E-state index in [4.69, 9.17) is 0 Å². The van der Waals surface area contributed by atoms with Crippen molar-refractivity contribution in [3.8, 4) is 0 Å². The molecule has 1 atom stereocenters. The molecule has 0 spiro atoms. The summed E-state index contributed by atoms with van der Waals surface area (Å²) in [6.45, 7) is 2.68. The van der Waals surface area contributed by atoms with E-state index in [1.807, 2.05) is 6.92 Å². The number of sulfonamides is 1. The zero-order chi connectivity index (χ0) is 14.9. The van der Waals surface area contributed by atoms with Crippen molar-refractivity contribution in [2.75, 3.05) is 19.3 Å². The Balaban J connectivity index is 2.03. The van der Waals surface area contributed by atoms with Gasteiger partial charge in [-0.2, -0.15) is 5.10 Å². The standard InChI is InChI=1S/C12H20N4O3S/c1-9-7-11(15(2)14-9)12(17)13-10-5-4-6-16(8-10)20(3,18)19/h7,10H,4-6,8H2,1-3H3,(H,13,17)/t10-/m1/s1. The monoisotopic (exact) mass is 300 g/mol. The summed E-state index contributed by atoms with van der Waals surface area (Å²) in [6, 6.07) is 1.56. The van der Waals surface area contributed by atoms with Crippen LogP contribution in [-0.2, 0) is 17.1 Å². The molecule has 1 aromatic rings. The summed E-state index contributed by atoms with van der Waals surface area (Å²) in [4.78, 5) is 12.2. The fourth-order valence-electron chi connectivity index (χ4n) is 2.44. The highest BCUT2D eigenvalue weighted by Crippen LogP contribution is 2.13. The summed E-state index contributed by atoms with van der Waals surface area (Å²) in [5, 5.41) is 7.01. The van der Waals surface area contributed by atoms with Crippen molar-refractivity contribution in [3.05, 3.63) is 17.5 Å². The highest BCUT2D eigenvalue weighted by Gasteiger charge is 2.27. The van der Waals surface area contributed by atoms with E-state index in [1.54, 1.807) is 13.1 Å². The van der Waals surface area contributed by atoms with Crippen LogP contribution in [0, 0.1) is 6.92 Å². The van der Waals surface area contributed by atoms with Gasteiger partial charge in [0.2, 0.25) is 10.0 Å². The van der Waals surface area contributed by atoms with Crippen LogP contribution in [0.25, 0.3) is 0 Å². The topological polar surface area (TPSA) is 84.3 Å². The number of carbonyl (C=O) groups is 1. The predicted octanol–water partition coefficient (Wildman–Crippen LogP) is -0.118. The number of piperidine rings is 1. The molecule has 0 unspecified atom stereocenters. The van der Waals surface area contributed by atoms with Crippen LogP contribution in [0.5, 0.6) is 0 Å². The number of amides is 1. The number of hydrogen-bond acceptors (Lipinski definition) is 4. The van der Waals surface area contributed by atoms with Crippen LogP contribution in [0.4, 0.5) is 0 Å². The zero-order valence-corrected chi connectivity index (χ0v) is 12.8. The van der Waals surface area contributed by atoms with E-state index in [1.165, 1.54) is 15.2 Å². The van der Waals surface area contributed by atoms with Gasteiger partial charge in [0, 0.05) is 26.2 Å². The highest BCUT2D eigenvalue weighted by atomic mass is 32.2. The van der Waals surface area contributed by atoms with Crippen LogP contribution in [0.2, 0.25) is 0 Å². The van der Waals surface area contributed by atoms with Crippen LogP contribution < -0.4 is 5.32 Å². The maximum Gasteiger partial charge on any atom is 0.269 e. The van der Waals surface area contributed by atoms with Gasteiger partial charge in [-0.3, -0.25) is 9.48 Å². The average Bonchev–Trinajstić information content (AvgIpc) is 2.68. The van der Waals surface area contributed by atoms with Gasteiger partial charge in [-0.15, -0.1) is 0 Å². The van der Waals surface area contributed by atoms with E-state index < -0.39 is 10.0 Å². The minimum absolute atomic E-state index is 0.152. The van der Waals surface area contributed by atoms with Gasteiger partial charge >= 0.3 is 0 Å². The third-order valence-electron chi connectivity index (χ3n) is 3.42.